The summed E-state index contributed by atoms with van der Waals surface area (Å²) < 4.78 is 21.1. The molecule has 0 saturated heterocycles. The normalized spacial score (nSPS) is 20.1. The number of carbonyl (C=O) groups excluding carboxylic acids is 1. The standard InChI is InChI=1S/C27H30ClFN4O2/c1-27(2,3)35-26(34)32-15-20-14-21(28)10-13-23(20)33-24(16-32)30-31-25(33)19-6-4-17(5-7-19)18-8-11-22(29)12-9-18/h8-14,17,19H,4-7,15-16H2,1-3H3/t17-,19+. The van der Waals surface area contributed by atoms with E-state index < -0.39 is 5.60 Å². The van der Waals surface area contributed by atoms with Crippen molar-refractivity contribution >= 4 is 17.7 Å². The van der Waals surface area contributed by atoms with Crippen molar-refractivity contribution in [1.29, 1.82) is 0 Å². The third kappa shape index (κ3) is 5.06. The summed E-state index contributed by atoms with van der Waals surface area (Å²) in [5.74, 6) is 2.12. The maximum atomic E-state index is 13.3. The minimum absolute atomic E-state index is 0.201. The molecule has 0 atom stereocenters. The first-order chi connectivity index (χ1) is 16.7. The van der Waals surface area contributed by atoms with Gasteiger partial charge >= 0.3 is 6.09 Å². The summed E-state index contributed by atoms with van der Waals surface area (Å²) in [6.07, 6.45) is 3.57. The number of hydrogen-bond acceptors (Lipinski definition) is 4. The SMILES string of the molecule is CC(C)(C)OC(=O)N1Cc2cc(Cl)ccc2-n2c(nnc2[C@H]2CC[C@@H](c3ccc(F)cc3)CC2)C1. The van der Waals surface area contributed by atoms with Gasteiger partial charge in [-0.3, -0.25) is 9.47 Å². The Kier molecular flexibility index (Phi) is 6.30. The molecule has 3 aromatic rings. The van der Waals surface area contributed by atoms with Crippen LogP contribution in [0.25, 0.3) is 5.69 Å². The number of nitrogens with zero attached hydrogens (tertiary/aromatic N) is 4. The van der Waals surface area contributed by atoms with Gasteiger partial charge in [0.15, 0.2) is 5.82 Å². The van der Waals surface area contributed by atoms with Crippen LogP contribution in [0.15, 0.2) is 42.5 Å². The van der Waals surface area contributed by atoms with E-state index in [4.69, 9.17) is 16.3 Å². The van der Waals surface area contributed by atoms with Crippen LogP contribution < -0.4 is 0 Å². The average molecular weight is 497 g/mol. The molecule has 0 unspecified atom stereocenters. The Bertz CT molecular complexity index is 1230. The molecule has 35 heavy (non-hydrogen) atoms. The molecule has 0 N–H and O–H groups in total. The van der Waals surface area contributed by atoms with Gasteiger partial charge in [0.05, 0.1) is 18.8 Å². The molecule has 1 saturated carbocycles. The molecule has 5 rings (SSSR count). The summed E-state index contributed by atoms with van der Waals surface area (Å²) in [7, 11) is 0. The molecule has 1 aliphatic heterocycles. The summed E-state index contributed by atoms with van der Waals surface area (Å²) in [6.45, 7) is 6.26. The fraction of sp³-hybridized carbons (Fsp3) is 0.444. The van der Waals surface area contributed by atoms with E-state index in [0.717, 1.165) is 42.8 Å². The summed E-state index contributed by atoms with van der Waals surface area (Å²) in [4.78, 5) is 14.6. The number of hydrogen-bond donors (Lipinski definition) is 0. The molecule has 2 aliphatic rings. The second-order valence-electron chi connectivity index (χ2n) is 10.5. The predicted octanol–water partition coefficient (Wildman–Crippen LogP) is 6.75. The van der Waals surface area contributed by atoms with Gasteiger partial charge in [0.1, 0.15) is 17.2 Å². The minimum Gasteiger partial charge on any atom is -0.444 e. The van der Waals surface area contributed by atoms with Crippen LogP contribution in [0.2, 0.25) is 5.02 Å². The van der Waals surface area contributed by atoms with Crippen LogP contribution in [0, 0.1) is 5.82 Å². The second-order valence-corrected chi connectivity index (χ2v) is 11.0. The van der Waals surface area contributed by atoms with Crippen molar-refractivity contribution in [3.8, 4) is 5.69 Å². The summed E-state index contributed by atoms with van der Waals surface area (Å²) >= 11 is 6.34. The molecule has 6 nitrogen and oxygen atoms in total. The molecule has 1 amide bonds. The van der Waals surface area contributed by atoms with E-state index in [1.807, 2.05) is 51.1 Å². The third-order valence-corrected chi connectivity index (χ3v) is 7.05. The van der Waals surface area contributed by atoms with Crippen molar-refractivity contribution in [1.82, 2.24) is 19.7 Å². The fourth-order valence-electron chi connectivity index (χ4n) is 5.17. The van der Waals surface area contributed by atoms with Crippen molar-refractivity contribution < 1.29 is 13.9 Å². The van der Waals surface area contributed by atoms with Gasteiger partial charge in [-0.15, -0.1) is 10.2 Å². The Morgan fingerprint density at radius 2 is 1.69 bits per heavy atom. The lowest BCUT2D eigenvalue weighted by molar-refractivity contribution is 0.0214. The lowest BCUT2D eigenvalue weighted by Gasteiger charge is -2.28. The third-order valence-electron chi connectivity index (χ3n) is 6.82. The number of amides is 1. The highest BCUT2D eigenvalue weighted by atomic mass is 35.5. The highest BCUT2D eigenvalue weighted by Crippen LogP contribution is 2.41. The quantitative estimate of drug-likeness (QED) is 0.393. The van der Waals surface area contributed by atoms with Crippen LogP contribution in [0.5, 0.6) is 0 Å². The zero-order valence-corrected chi connectivity index (χ0v) is 21.1. The van der Waals surface area contributed by atoms with Crippen molar-refractivity contribution in [2.45, 2.75) is 77.0 Å². The van der Waals surface area contributed by atoms with Gasteiger partial charge in [0, 0.05) is 10.9 Å². The molecule has 184 valence electrons. The zero-order chi connectivity index (χ0) is 24.7. The van der Waals surface area contributed by atoms with Gasteiger partial charge in [-0.1, -0.05) is 23.7 Å². The maximum Gasteiger partial charge on any atom is 0.411 e. The molecule has 1 fully saturated rings. The molecular weight excluding hydrogens is 467 g/mol. The zero-order valence-electron chi connectivity index (χ0n) is 20.3. The largest absolute Gasteiger partial charge is 0.444 e. The van der Waals surface area contributed by atoms with Crippen LogP contribution in [-0.4, -0.2) is 31.4 Å². The molecular formula is C27H30ClFN4O2. The molecule has 1 aromatic heterocycles. The second kappa shape index (κ2) is 9.26. The van der Waals surface area contributed by atoms with E-state index in [1.165, 1.54) is 17.7 Å². The lowest BCUT2D eigenvalue weighted by Crippen LogP contribution is -2.35. The maximum absolute atomic E-state index is 13.3. The topological polar surface area (TPSA) is 60.2 Å². The van der Waals surface area contributed by atoms with E-state index in [0.29, 0.717) is 29.9 Å². The van der Waals surface area contributed by atoms with Crippen LogP contribution in [0.3, 0.4) is 0 Å². The molecule has 0 spiro atoms. The fourth-order valence-corrected chi connectivity index (χ4v) is 5.36. The van der Waals surface area contributed by atoms with Crippen molar-refractivity contribution in [3.63, 3.8) is 0 Å². The van der Waals surface area contributed by atoms with Gasteiger partial charge in [-0.2, -0.15) is 0 Å². The number of carbonyl (C=O) groups is 1. The van der Waals surface area contributed by atoms with Crippen LogP contribution in [-0.2, 0) is 17.8 Å². The average Bonchev–Trinajstić information content (AvgIpc) is 3.14. The number of rotatable bonds is 2. The first-order valence-corrected chi connectivity index (χ1v) is 12.5. The van der Waals surface area contributed by atoms with Crippen LogP contribution >= 0.6 is 11.6 Å². The van der Waals surface area contributed by atoms with Gasteiger partial charge < -0.3 is 4.74 Å². The Morgan fingerprint density at radius 3 is 2.37 bits per heavy atom. The summed E-state index contributed by atoms with van der Waals surface area (Å²) in [6, 6.07) is 12.6. The van der Waals surface area contributed by atoms with Crippen LogP contribution in [0.4, 0.5) is 9.18 Å². The predicted molar refractivity (Wildman–Crippen MR) is 132 cm³/mol. The van der Waals surface area contributed by atoms with E-state index in [-0.39, 0.29) is 17.8 Å². The molecule has 1 aliphatic carbocycles. The smallest absolute Gasteiger partial charge is 0.411 e. The number of fused-ring (bicyclic) bond motifs is 3. The van der Waals surface area contributed by atoms with E-state index in [1.54, 1.807) is 4.90 Å². The highest BCUT2D eigenvalue weighted by Gasteiger charge is 2.33. The van der Waals surface area contributed by atoms with Crippen molar-refractivity contribution in [2.75, 3.05) is 0 Å². The first-order valence-electron chi connectivity index (χ1n) is 12.1. The molecule has 2 aromatic carbocycles. The number of aromatic nitrogens is 3. The summed E-state index contributed by atoms with van der Waals surface area (Å²) in [5, 5.41) is 9.75. The Hall–Kier alpha value is -2.93. The minimum atomic E-state index is -0.595. The van der Waals surface area contributed by atoms with Crippen molar-refractivity contribution in [2.24, 2.45) is 0 Å². The van der Waals surface area contributed by atoms with Crippen molar-refractivity contribution in [3.05, 3.63) is 76.1 Å². The van der Waals surface area contributed by atoms with Gasteiger partial charge in [-0.05, 0) is 93.8 Å². The molecule has 0 bridgehead atoms. The highest BCUT2D eigenvalue weighted by molar-refractivity contribution is 6.30. The van der Waals surface area contributed by atoms with Gasteiger partial charge in [0.25, 0.3) is 0 Å². The number of halogens is 2. The first kappa shape index (κ1) is 23.8. The molecule has 0 radical (unpaired) electrons. The molecule has 2 heterocycles. The Labute approximate surface area is 210 Å². The Morgan fingerprint density at radius 1 is 1.00 bits per heavy atom. The molecule has 8 heteroatoms. The van der Waals surface area contributed by atoms with E-state index >= 15 is 0 Å². The number of benzene rings is 2. The van der Waals surface area contributed by atoms with Gasteiger partial charge in [-0.25, -0.2) is 9.18 Å². The van der Waals surface area contributed by atoms with E-state index in [9.17, 15) is 9.18 Å². The van der Waals surface area contributed by atoms with E-state index in [2.05, 4.69) is 14.8 Å². The monoisotopic (exact) mass is 496 g/mol. The number of ether oxygens (including phenoxy) is 1. The van der Waals surface area contributed by atoms with Crippen LogP contribution in [0.1, 0.15) is 81.1 Å². The van der Waals surface area contributed by atoms with Gasteiger partial charge in [0.2, 0.25) is 0 Å². The Balaban J connectivity index is 1.43. The lowest BCUT2D eigenvalue weighted by atomic mass is 9.78. The summed E-state index contributed by atoms with van der Waals surface area (Å²) in [5.41, 5.74) is 2.49.